The highest BCUT2D eigenvalue weighted by Gasteiger charge is 2.21. The second kappa shape index (κ2) is 7.09. The molecule has 2 rings (SSSR count). The van der Waals surface area contributed by atoms with Crippen molar-refractivity contribution < 1.29 is 4.74 Å². The van der Waals surface area contributed by atoms with Crippen molar-refractivity contribution >= 4 is 0 Å². The number of piperidine rings is 1. The van der Waals surface area contributed by atoms with Gasteiger partial charge in [0.15, 0.2) is 0 Å². The Hall–Kier alpha value is -1.06. The fourth-order valence-electron chi connectivity index (χ4n) is 3.05. The minimum absolute atomic E-state index is 0.336. The molecule has 1 atom stereocenters. The van der Waals surface area contributed by atoms with Gasteiger partial charge in [0.1, 0.15) is 5.75 Å². The number of hydrogen-bond acceptors (Lipinski definition) is 3. The number of ether oxygens (including phenoxy) is 1. The summed E-state index contributed by atoms with van der Waals surface area (Å²) in [5.41, 5.74) is 2.56. The SMILES string of the molecule is CCN1CCC(NC(C)c2cc(C)ccc2OC)CC1. The molecule has 1 heterocycles. The molecule has 1 saturated heterocycles. The molecule has 3 heteroatoms. The van der Waals surface area contributed by atoms with Crippen LogP contribution in [0, 0.1) is 6.92 Å². The predicted octanol–water partition coefficient (Wildman–Crippen LogP) is 3.14. The summed E-state index contributed by atoms with van der Waals surface area (Å²) in [6.45, 7) is 10.2. The lowest BCUT2D eigenvalue weighted by molar-refractivity contribution is 0.200. The van der Waals surface area contributed by atoms with Gasteiger partial charge in [0.05, 0.1) is 7.11 Å². The number of rotatable bonds is 5. The lowest BCUT2D eigenvalue weighted by Crippen LogP contribution is -2.43. The largest absolute Gasteiger partial charge is 0.496 e. The maximum Gasteiger partial charge on any atom is 0.123 e. The minimum atomic E-state index is 0.336. The van der Waals surface area contributed by atoms with Gasteiger partial charge in [-0.05, 0) is 52.4 Å². The summed E-state index contributed by atoms with van der Waals surface area (Å²) in [6.07, 6.45) is 2.48. The molecule has 1 unspecified atom stereocenters. The quantitative estimate of drug-likeness (QED) is 0.894. The summed E-state index contributed by atoms with van der Waals surface area (Å²) in [6, 6.07) is 7.37. The zero-order chi connectivity index (χ0) is 14.5. The van der Waals surface area contributed by atoms with E-state index in [1.165, 1.54) is 43.6 Å². The Balaban J connectivity index is 1.98. The van der Waals surface area contributed by atoms with Crippen molar-refractivity contribution in [1.82, 2.24) is 10.2 Å². The fourth-order valence-corrected chi connectivity index (χ4v) is 3.05. The summed E-state index contributed by atoms with van der Waals surface area (Å²) in [7, 11) is 1.75. The third-order valence-corrected chi connectivity index (χ3v) is 4.37. The van der Waals surface area contributed by atoms with Crippen LogP contribution in [-0.4, -0.2) is 37.7 Å². The van der Waals surface area contributed by atoms with Crippen molar-refractivity contribution in [2.75, 3.05) is 26.7 Å². The summed E-state index contributed by atoms with van der Waals surface area (Å²) >= 11 is 0. The summed E-state index contributed by atoms with van der Waals surface area (Å²) in [4.78, 5) is 2.52. The zero-order valence-corrected chi connectivity index (χ0v) is 13.3. The van der Waals surface area contributed by atoms with E-state index in [2.05, 4.69) is 49.2 Å². The molecular weight excluding hydrogens is 248 g/mol. The molecule has 0 aromatic heterocycles. The number of hydrogen-bond donors (Lipinski definition) is 1. The molecule has 0 saturated carbocycles. The predicted molar refractivity (Wildman–Crippen MR) is 84.4 cm³/mol. The van der Waals surface area contributed by atoms with Gasteiger partial charge in [-0.1, -0.05) is 24.6 Å². The van der Waals surface area contributed by atoms with Crippen molar-refractivity contribution in [1.29, 1.82) is 0 Å². The lowest BCUT2D eigenvalue weighted by atomic mass is 10.00. The molecule has 20 heavy (non-hydrogen) atoms. The molecule has 1 N–H and O–H groups in total. The normalized spacial score (nSPS) is 19.0. The Morgan fingerprint density at radius 1 is 1.35 bits per heavy atom. The van der Waals surface area contributed by atoms with Crippen LogP contribution in [0.2, 0.25) is 0 Å². The number of methoxy groups -OCH3 is 1. The third-order valence-electron chi connectivity index (χ3n) is 4.37. The fraction of sp³-hybridized carbons (Fsp3) is 0.647. The van der Waals surface area contributed by atoms with E-state index in [0.717, 1.165) is 5.75 Å². The summed E-state index contributed by atoms with van der Waals surface area (Å²) in [5.74, 6) is 0.988. The highest BCUT2D eigenvalue weighted by atomic mass is 16.5. The van der Waals surface area contributed by atoms with E-state index in [9.17, 15) is 0 Å². The van der Waals surface area contributed by atoms with Crippen LogP contribution in [-0.2, 0) is 0 Å². The van der Waals surface area contributed by atoms with E-state index in [4.69, 9.17) is 4.74 Å². The van der Waals surface area contributed by atoms with Crippen LogP contribution in [0.25, 0.3) is 0 Å². The van der Waals surface area contributed by atoms with Gasteiger partial charge in [0.2, 0.25) is 0 Å². The van der Waals surface area contributed by atoms with Crippen LogP contribution >= 0.6 is 0 Å². The minimum Gasteiger partial charge on any atom is -0.496 e. The average Bonchev–Trinajstić information content (AvgIpc) is 2.48. The molecule has 3 nitrogen and oxygen atoms in total. The molecular formula is C17H28N2O. The third kappa shape index (κ3) is 3.74. The van der Waals surface area contributed by atoms with Gasteiger partial charge in [-0.25, -0.2) is 0 Å². The van der Waals surface area contributed by atoms with Crippen LogP contribution in [0.1, 0.15) is 43.9 Å². The van der Waals surface area contributed by atoms with Gasteiger partial charge in [0, 0.05) is 17.6 Å². The Kier molecular flexibility index (Phi) is 5.44. The Morgan fingerprint density at radius 2 is 2.05 bits per heavy atom. The smallest absolute Gasteiger partial charge is 0.123 e. The maximum atomic E-state index is 5.50. The summed E-state index contributed by atoms with van der Waals surface area (Å²) < 4.78 is 5.50. The van der Waals surface area contributed by atoms with Crippen molar-refractivity contribution in [3.63, 3.8) is 0 Å². The first kappa shape index (κ1) is 15.3. The molecule has 1 aliphatic heterocycles. The molecule has 112 valence electrons. The van der Waals surface area contributed by atoms with Gasteiger partial charge in [0.25, 0.3) is 0 Å². The van der Waals surface area contributed by atoms with E-state index in [0.29, 0.717) is 12.1 Å². The van der Waals surface area contributed by atoms with Crippen molar-refractivity contribution in [2.45, 2.75) is 45.7 Å². The Bertz CT molecular complexity index is 425. The van der Waals surface area contributed by atoms with Crippen LogP contribution < -0.4 is 10.1 Å². The van der Waals surface area contributed by atoms with Gasteiger partial charge < -0.3 is 15.0 Å². The van der Waals surface area contributed by atoms with E-state index < -0.39 is 0 Å². The Labute approximate surface area is 123 Å². The first-order valence-corrected chi connectivity index (χ1v) is 7.77. The van der Waals surface area contributed by atoms with Crippen molar-refractivity contribution in [2.24, 2.45) is 0 Å². The monoisotopic (exact) mass is 276 g/mol. The topological polar surface area (TPSA) is 24.5 Å². The zero-order valence-electron chi connectivity index (χ0n) is 13.3. The van der Waals surface area contributed by atoms with Crippen LogP contribution in [0.4, 0.5) is 0 Å². The molecule has 1 aromatic carbocycles. The average molecular weight is 276 g/mol. The van der Waals surface area contributed by atoms with E-state index in [1.54, 1.807) is 7.11 Å². The molecule has 1 aliphatic rings. The summed E-state index contributed by atoms with van der Waals surface area (Å²) in [5, 5.41) is 3.78. The highest BCUT2D eigenvalue weighted by Crippen LogP contribution is 2.27. The maximum absolute atomic E-state index is 5.50. The first-order chi connectivity index (χ1) is 9.63. The molecule has 0 spiro atoms. The highest BCUT2D eigenvalue weighted by molar-refractivity contribution is 5.38. The Morgan fingerprint density at radius 3 is 2.65 bits per heavy atom. The lowest BCUT2D eigenvalue weighted by Gasteiger charge is -2.33. The van der Waals surface area contributed by atoms with Crippen LogP contribution in [0.5, 0.6) is 5.75 Å². The molecule has 1 aromatic rings. The van der Waals surface area contributed by atoms with Crippen molar-refractivity contribution in [3.05, 3.63) is 29.3 Å². The number of aryl methyl sites for hydroxylation is 1. The van der Waals surface area contributed by atoms with Crippen molar-refractivity contribution in [3.8, 4) is 5.75 Å². The van der Waals surface area contributed by atoms with Gasteiger partial charge in [-0.3, -0.25) is 0 Å². The second-order valence-electron chi connectivity index (χ2n) is 5.84. The molecule has 0 bridgehead atoms. The van der Waals surface area contributed by atoms with Crippen LogP contribution in [0.3, 0.4) is 0 Å². The van der Waals surface area contributed by atoms with Gasteiger partial charge >= 0.3 is 0 Å². The molecule has 0 amide bonds. The van der Waals surface area contributed by atoms with E-state index >= 15 is 0 Å². The standard InChI is InChI=1S/C17H28N2O/c1-5-19-10-8-15(9-11-19)18-14(3)16-12-13(2)6-7-17(16)20-4/h6-7,12,14-15,18H,5,8-11H2,1-4H3. The number of nitrogens with one attached hydrogen (secondary N) is 1. The van der Waals surface area contributed by atoms with E-state index in [-0.39, 0.29) is 0 Å². The number of likely N-dealkylation sites (tertiary alicyclic amines) is 1. The molecule has 0 aliphatic carbocycles. The first-order valence-electron chi connectivity index (χ1n) is 7.77. The molecule has 0 radical (unpaired) electrons. The number of nitrogens with zero attached hydrogens (tertiary/aromatic N) is 1. The van der Waals surface area contributed by atoms with Crippen LogP contribution in [0.15, 0.2) is 18.2 Å². The van der Waals surface area contributed by atoms with E-state index in [1.807, 2.05) is 0 Å². The molecule has 1 fully saturated rings. The van der Waals surface area contributed by atoms with Gasteiger partial charge in [-0.15, -0.1) is 0 Å². The second-order valence-corrected chi connectivity index (χ2v) is 5.84. The van der Waals surface area contributed by atoms with Gasteiger partial charge in [-0.2, -0.15) is 0 Å². The number of benzene rings is 1.